The van der Waals surface area contributed by atoms with Crippen LogP contribution in [0.15, 0.2) is 23.2 Å². The van der Waals surface area contributed by atoms with Gasteiger partial charge in [-0.2, -0.15) is 0 Å². The molecule has 26 heavy (non-hydrogen) atoms. The first-order valence-electron chi connectivity index (χ1n) is 9.90. The number of fused-ring (bicyclic) bond motifs is 1. The molecule has 1 aromatic heterocycles. The minimum Gasteiger partial charge on any atom is -0.494 e. The third kappa shape index (κ3) is 2.98. The molecule has 0 aliphatic carbocycles. The van der Waals surface area contributed by atoms with Crippen molar-refractivity contribution in [3.05, 3.63) is 23.8 Å². The van der Waals surface area contributed by atoms with Gasteiger partial charge in [0.15, 0.2) is 0 Å². The number of aromatic nitrogens is 1. The zero-order valence-corrected chi connectivity index (χ0v) is 16.2. The van der Waals surface area contributed by atoms with Crippen LogP contribution in [0.3, 0.4) is 0 Å². The molecule has 1 saturated heterocycles. The molecule has 1 aromatic carbocycles. The summed E-state index contributed by atoms with van der Waals surface area (Å²) in [4.78, 5) is 9.78. The molecule has 0 bridgehead atoms. The number of anilines is 1. The van der Waals surface area contributed by atoms with Gasteiger partial charge in [0.25, 0.3) is 0 Å². The smallest absolute Gasteiger partial charge is 0.201 e. The average molecular weight is 354 g/mol. The first kappa shape index (κ1) is 17.4. The van der Waals surface area contributed by atoms with Gasteiger partial charge in [-0.05, 0) is 44.9 Å². The summed E-state index contributed by atoms with van der Waals surface area (Å²) < 4.78 is 1.89. The number of aliphatic imine (C=N–C) groups is 1. The van der Waals surface area contributed by atoms with E-state index in [1.165, 1.54) is 18.5 Å². The standard InChI is InChI=1S/C21H30N4O/c1-15(2)24-12-8-18(22-9-13-24)20-17-14-16(25-10-4-5-11-25)6-7-19(17)23(3)21(20)26/h6-7,14-15,26H,4-5,8-13H2,1-3H3. The van der Waals surface area contributed by atoms with Crippen LogP contribution >= 0.6 is 0 Å². The highest BCUT2D eigenvalue weighted by atomic mass is 16.3. The van der Waals surface area contributed by atoms with Crippen LogP contribution in [-0.2, 0) is 7.05 Å². The second-order valence-corrected chi connectivity index (χ2v) is 7.86. The minimum atomic E-state index is 0.343. The van der Waals surface area contributed by atoms with Gasteiger partial charge in [0.1, 0.15) is 0 Å². The summed E-state index contributed by atoms with van der Waals surface area (Å²) in [6.07, 6.45) is 3.42. The van der Waals surface area contributed by atoms with E-state index in [9.17, 15) is 5.11 Å². The molecule has 5 nitrogen and oxygen atoms in total. The molecule has 0 amide bonds. The van der Waals surface area contributed by atoms with Crippen molar-refractivity contribution in [2.24, 2.45) is 12.0 Å². The zero-order chi connectivity index (χ0) is 18.3. The van der Waals surface area contributed by atoms with Crippen molar-refractivity contribution in [3.63, 3.8) is 0 Å². The van der Waals surface area contributed by atoms with Crippen LogP contribution in [0.25, 0.3) is 10.9 Å². The second-order valence-electron chi connectivity index (χ2n) is 7.86. The molecule has 2 aliphatic heterocycles. The van der Waals surface area contributed by atoms with Crippen molar-refractivity contribution >= 4 is 22.3 Å². The Hall–Kier alpha value is -2.01. The molecule has 3 heterocycles. The summed E-state index contributed by atoms with van der Waals surface area (Å²) in [5, 5.41) is 12.0. The van der Waals surface area contributed by atoms with Gasteiger partial charge in [0.05, 0.1) is 17.6 Å². The van der Waals surface area contributed by atoms with Gasteiger partial charge in [-0.15, -0.1) is 0 Å². The lowest BCUT2D eigenvalue weighted by molar-refractivity contribution is 0.239. The molecule has 1 fully saturated rings. The van der Waals surface area contributed by atoms with Crippen LogP contribution in [0.5, 0.6) is 5.88 Å². The maximum Gasteiger partial charge on any atom is 0.201 e. The third-order valence-electron chi connectivity index (χ3n) is 5.97. The first-order valence-corrected chi connectivity index (χ1v) is 9.90. The molecule has 2 aliphatic rings. The van der Waals surface area contributed by atoms with Gasteiger partial charge in [-0.3, -0.25) is 9.89 Å². The van der Waals surface area contributed by atoms with E-state index in [0.717, 1.165) is 61.3 Å². The SMILES string of the molecule is CC(C)N1CCN=C(c2c(O)n(C)c3ccc(N4CCCC4)cc23)CC1. The summed E-state index contributed by atoms with van der Waals surface area (Å²) in [6, 6.07) is 7.12. The van der Waals surface area contributed by atoms with Crippen molar-refractivity contribution in [1.29, 1.82) is 0 Å². The molecule has 0 saturated carbocycles. The summed E-state index contributed by atoms with van der Waals surface area (Å²) in [5.41, 5.74) is 4.33. The topological polar surface area (TPSA) is 44.0 Å². The van der Waals surface area contributed by atoms with Crippen molar-refractivity contribution in [2.45, 2.75) is 39.2 Å². The lowest BCUT2D eigenvalue weighted by Crippen LogP contribution is -2.33. The molecule has 4 rings (SSSR count). The van der Waals surface area contributed by atoms with Gasteiger partial charge < -0.3 is 14.6 Å². The van der Waals surface area contributed by atoms with Gasteiger partial charge in [0.2, 0.25) is 5.88 Å². The van der Waals surface area contributed by atoms with Gasteiger partial charge >= 0.3 is 0 Å². The summed E-state index contributed by atoms with van der Waals surface area (Å²) >= 11 is 0. The molecule has 0 atom stereocenters. The summed E-state index contributed by atoms with van der Waals surface area (Å²) in [6.45, 7) is 9.53. The highest BCUT2D eigenvalue weighted by Crippen LogP contribution is 2.35. The molecule has 140 valence electrons. The third-order valence-corrected chi connectivity index (χ3v) is 5.97. The monoisotopic (exact) mass is 354 g/mol. The second kappa shape index (κ2) is 6.95. The van der Waals surface area contributed by atoms with E-state index >= 15 is 0 Å². The van der Waals surface area contributed by atoms with E-state index in [-0.39, 0.29) is 0 Å². The predicted octanol–water partition coefficient (Wildman–Crippen LogP) is 3.39. The highest BCUT2D eigenvalue weighted by molar-refractivity contribution is 6.14. The molecule has 0 unspecified atom stereocenters. The predicted molar refractivity (Wildman–Crippen MR) is 109 cm³/mol. The van der Waals surface area contributed by atoms with Crippen LogP contribution in [0.4, 0.5) is 5.69 Å². The number of hydrogen-bond acceptors (Lipinski definition) is 4. The Bertz CT molecular complexity index is 830. The molecule has 5 heteroatoms. The Morgan fingerprint density at radius 1 is 1.08 bits per heavy atom. The molecule has 1 N–H and O–H groups in total. The van der Waals surface area contributed by atoms with Crippen LogP contribution < -0.4 is 4.90 Å². The molecule has 2 aromatic rings. The van der Waals surface area contributed by atoms with Gasteiger partial charge in [-0.1, -0.05) is 0 Å². The first-order chi connectivity index (χ1) is 12.6. The Kier molecular flexibility index (Phi) is 4.65. The molecule has 0 radical (unpaired) electrons. The lowest BCUT2D eigenvalue weighted by Gasteiger charge is -2.23. The fourth-order valence-electron chi connectivity index (χ4n) is 4.35. The van der Waals surface area contributed by atoms with Gasteiger partial charge in [0, 0.05) is 62.5 Å². The van der Waals surface area contributed by atoms with Crippen molar-refractivity contribution in [2.75, 3.05) is 37.6 Å². The summed E-state index contributed by atoms with van der Waals surface area (Å²) in [7, 11) is 1.94. The fraction of sp³-hybridized carbons (Fsp3) is 0.571. The maximum atomic E-state index is 10.9. The Labute approximate surface area is 155 Å². The van der Waals surface area contributed by atoms with Crippen LogP contribution in [0, 0.1) is 0 Å². The van der Waals surface area contributed by atoms with Crippen molar-refractivity contribution in [1.82, 2.24) is 9.47 Å². The lowest BCUT2D eigenvalue weighted by atomic mass is 10.0. The molecule has 0 spiro atoms. The quantitative estimate of drug-likeness (QED) is 0.919. The molecular formula is C21H30N4O. The van der Waals surface area contributed by atoms with E-state index in [4.69, 9.17) is 4.99 Å². The van der Waals surface area contributed by atoms with Crippen molar-refractivity contribution < 1.29 is 5.11 Å². The minimum absolute atomic E-state index is 0.343. The Morgan fingerprint density at radius 2 is 1.85 bits per heavy atom. The van der Waals surface area contributed by atoms with Gasteiger partial charge in [-0.25, -0.2) is 0 Å². The zero-order valence-electron chi connectivity index (χ0n) is 16.2. The number of rotatable bonds is 3. The van der Waals surface area contributed by atoms with E-state index in [1.54, 1.807) is 0 Å². The van der Waals surface area contributed by atoms with E-state index in [2.05, 4.69) is 41.8 Å². The van der Waals surface area contributed by atoms with E-state index in [0.29, 0.717) is 11.9 Å². The Balaban J connectivity index is 1.75. The van der Waals surface area contributed by atoms with E-state index in [1.807, 2.05) is 11.6 Å². The van der Waals surface area contributed by atoms with Crippen LogP contribution in [-0.4, -0.2) is 59.1 Å². The maximum absolute atomic E-state index is 10.9. The van der Waals surface area contributed by atoms with Crippen molar-refractivity contribution in [3.8, 4) is 5.88 Å². The van der Waals surface area contributed by atoms with Crippen LogP contribution in [0.1, 0.15) is 38.7 Å². The normalized spacial score (nSPS) is 19.4. The number of nitrogens with zero attached hydrogens (tertiary/aromatic N) is 4. The van der Waals surface area contributed by atoms with Crippen LogP contribution in [0.2, 0.25) is 0 Å². The largest absolute Gasteiger partial charge is 0.494 e. The number of hydrogen-bond donors (Lipinski definition) is 1. The number of aromatic hydroxyl groups is 1. The average Bonchev–Trinajstić information content (AvgIpc) is 3.16. The number of benzene rings is 1. The highest BCUT2D eigenvalue weighted by Gasteiger charge is 2.23. The Morgan fingerprint density at radius 3 is 2.58 bits per heavy atom. The molecular weight excluding hydrogens is 324 g/mol. The fourth-order valence-corrected chi connectivity index (χ4v) is 4.35. The van der Waals surface area contributed by atoms with E-state index < -0.39 is 0 Å². The summed E-state index contributed by atoms with van der Waals surface area (Å²) in [5.74, 6) is 0.343. The number of aryl methyl sites for hydroxylation is 1.